The van der Waals surface area contributed by atoms with E-state index in [-0.39, 0.29) is 48.4 Å². The molecule has 5 rings (SSSR count). The molecule has 1 N–H and O–H groups in total. The molecule has 3 unspecified atom stereocenters. The second kappa shape index (κ2) is 7.39. The standard InChI is InChI=1S/C24H31N3O5/c1-23(2)9-16-10-24(3,12-23)13-27(16)20(28)7-5-17-21(29)26(22(30)25-17)11-15-4-6-18-19(8-15)32-14-31-18/h4,6,8,16-17H,5,7,9-14H2,1-3H3,(H,25,30). The molecule has 0 radical (unpaired) electrons. The van der Waals surface area contributed by atoms with E-state index in [4.69, 9.17) is 9.47 Å². The summed E-state index contributed by atoms with van der Waals surface area (Å²) in [5.74, 6) is 1.08. The molecule has 1 aromatic carbocycles. The van der Waals surface area contributed by atoms with E-state index in [1.165, 1.54) is 4.90 Å². The molecule has 0 spiro atoms. The lowest BCUT2D eigenvalue weighted by Gasteiger charge is -2.39. The van der Waals surface area contributed by atoms with Gasteiger partial charge >= 0.3 is 6.03 Å². The minimum Gasteiger partial charge on any atom is -0.454 e. The number of hydrogen-bond acceptors (Lipinski definition) is 5. The average molecular weight is 442 g/mol. The fourth-order valence-electron chi connectivity index (χ4n) is 6.31. The van der Waals surface area contributed by atoms with Crippen molar-refractivity contribution < 1.29 is 23.9 Å². The molecule has 2 bridgehead atoms. The molecule has 172 valence electrons. The van der Waals surface area contributed by atoms with Gasteiger partial charge in [-0.15, -0.1) is 0 Å². The predicted octanol–water partition coefficient (Wildman–Crippen LogP) is 3.04. The first-order chi connectivity index (χ1) is 15.1. The number of benzene rings is 1. The molecule has 3 fully saturated rings. The summed E-state index contributed by atoms with van der Waals surface area (Å²) in [5.41, 5.74) is 1.22. The highest BCUT2D eigenvalue weighted by Gasteiger charge is 2.51. The van der Waals surface area contributed by atoms with Gasteiger partial charge in [0.05, 0.1) is 6.54 Å². The zero-order valence-electron chi connectivity index (χ0n) is 19.0. The molecule has 3 atom stereocenters. The Bertz CT molecular complexity index is 976. The molecule has 8 heteroatoms. The first kappa shape index (κ1) is 21.1. The number of rotatable bonds is 5. The quantitative estimate of drug-likeness (QED) is 0.710. The fourth-order valence-corrected chi connectivity index (χ4v) is 6.31. The van der Waals surface area contributed by atoms with Gasteiger partial charge in [0.15, 0.2) is 11.5 Å². The van der Waals surface area contributed by atoms with Crippen LogP contribution in [0.1, 0.15) is 58.4 Å². The normalized spacial score (nSPS) is 30.1. The van der Waals surface area contributed by atoms with Gasteiger partial charge in [0, 0.05) is 19.0 Å². The van der Waals surface area contributed by atoms with Crippen LogP contribution in [-0.2, 0) is 16.1 Å². The first-order valence-corrected chi connectivity index (χ1v) is 11.4. The Kier molecular flexibility index (Phi) is 4.87. The van der Waals surface area contributed by atoms with Gasteiger partial charge in [0.2, 0.25) is 12.7 Å². The van der Waals surface area contributed by atoms with Crippen LogP contribution < -0.4 is 14.8 Å². The van der Waals surface area contributed by atoms with Gasteiger partial charge in [-0.2, -0.15) is 0 Å². The molecule has 3 aliphatic heterocycles. The van der Waals surface area contributed by atoms with E-state index in [1.54, 1.807) is 12.1 Å². The minimum atomic E-state index is -0.658. The van der Waals surface area contributed by atoms with Crippen molar-refractivity contribution in [1.82, 2.24) is 15.1 Å². The summed E-state index contributed by atoms with van der Waals surface area (Å²) in [6.07, 6.45) is 3.81. The molecular weight excluding hydrogens is 410 g/mol. The number of hydrogen-bond donors (Lipinski definition) is 1. The number of imide groups is 1. The van der Waals surface area contributed by atoms with Gasteiger partial charge in [-0.25, -0.2) is 4.79 Å². The van der Waals surface area contributed by atoms with Gasteiger partial charge < -0.3 is 19.7 Å². The van der Waals surface area contributed by atoms with Crippen LogP contribution in [0.2, 0.25) is 0 Å². The zero-order valence-corrected chi connectivity index (χ0v) is 19.0. The molecule has 1 aliphatic carbocycles. The van der Waals surface area contributed by atoms with Crippen molar-refractivity contribution in [3.8, 4) is 11.5 Å². The number of likely N-dealkylation sites (tertiary alicyclic amines) is 1. The number of nitrogens with one attached hydrogen (secondary N) is 1. The maximum atomic E-state index is 13.0. The second-order valence-electron chi connectivity index (χ2n) is 10.9. The van der Waals surface area contributed by atoms with Crippen molar-refractivity contribution in [3.05, 3.63) is 23.8 Å². The van der Waals surface area contributed by atoms with E-state index in [0.29, 0.717) is 17.9 Å². The van der Waals surface area contributed by atoms with Crippen LogP contribution in [0.4, 0.5) is 4.79 Å². The average Bonchev–Trinajstić information content (AvgIpc) is 3.35. The van der Waals surface area contributed by atoms with Crippen LogP contribution in [0.5, 0.6) is 11.5 Å². The van der Waals surface area contributed by atoms with E-state index in [0.717, 1.165) is 31.4 Å². The lowest BCUT2D eigenvalue weighted by Crippen LogP contribution is -2.39. The lowest BCUT2D eigenvalue weighted by molar-refractivity contribution is -0.133. The Labute approximate surface area is 188 Å². The van der Waals surface area contributed by atoms with Gasteiger partial charge in [0.25, 0.3) is 5.91 Å². The number of fused-ring (bicyclic) bond motifs is 3. The molecule has 1 saturated carbocycles. The highest BCUT2D eigenvalue weighted by molar-refractivity contribution is 6.04. The summed E-state index contributed by atoms with van der Waals surface area (Å²) in [6, 6.07) is 4.59. The number of carbonyl (C=O) groups excluding carboxylic acids is 3. The van der Waals surface area contributed by atoms with Gasteiger partial charge in [-0.1, -0.05) is 26.8 Å². The van der Waals surface area contributed by atoms with E-state index in [2.05, 4.69) is 26.1 Å². The van der Waals surface area contributed by atoms with Crippen molar-refractivity contribution in [1.29, 1.82) is 0 Å². The maximum Gasteiger partial charge on any atom is 0.325 e. The Hall–Kier alpha value is -2.77. The Balaban J connectivity index is 1.18. The molecule has 0 aromatic heterocycles. The van der Waals surface area contributed by atoms with Crippen molar-refractivity contribution in [2.75, 3.05) is 13.3 Å². The fraction of sp³-hybridized carbons (Fsp3) is 0.625. The van der Waals surface area contributed by atoms with Crippen LogP contribution in [0.3, 0.4) is 0 Å². The number of amides is 4. The zero-order chi connectivity index (χ0) is 22.7. The van der Waals surface area contributed by atoms with Crippen LogP contribution in [0.15, 0.2) is 18.2 Å². The van der Waals surface area contributed by atoms with Crippen molar-refractivity contribution >= 4 is 17.8 Å². The molecule has 1 aromatic rings. The summed E-state index contributed by atoms with van der Waals surface area (Å²) in [7, 11) is 0. The number of urea groups is 1. The third-order valence-electron chi connectivity index (χ3n) is 7.27. The first-order valence-electron chi connectivity index (χ1n) is 11.4. The number of carbonyl (C=O) groups is 3. The lowest BCUT2D eigenvalue weighted by atomic mass is 9.65. The topological polar surface area (TPSA) is 88.2 Å². The monoisotopic (exact) mass is 441 g/mol. The molecule has 3 heterocycles. The predicted molar refractivity (Wildman–Crippen MR) is 116 cm³/mol. The van der Waals surface area contributed by atoms with E-state index in [9.17, 15) is 14.4 Å². The maximum absolute atomic E-state index is 13.0. The molecular formula is C24H31N3O5. The van der Waals surface area contributed by atoms with Crippen LogP contribution in [0.25, 0.3) is 0 Å². The highest BCUT2D eigenvalue weighted by Crippen LogP contribution is 2.52. The largest absolute Gasteiger partial charge is 0.454 e. The summed E-state index contributed by atoms with van der Waals surface area (Å²) < 4.78 is 10.7. The van der Waals surface area contributed by atoms with E-state index < -0.39 is 12.1 Å². The Morgan fingerprint density at radius 3 is 2.75 bits per heavy atom. The SMILES string of the molecule is CC1(C)CC2CC(C)(CN2C(=O)CCC2NC(=O)N(Cc3ccc4c(c3)OCO4)C2=O)C1. The van der Waals surface area contributed by atoms with Crippen molar-refractivity contribution in [2.45, 2.75) is 71.5 Å². The minimum absolute atomic E-state index is 0.0905. The van der Waals surface area contributed by atoms with Gasteiger partial charge in [-0.3, -0.25) is 14.5 Å². The molecule has 4 aliphatic rings. The molecule has 8 nitrogen and oxygen atoms in total. The van der Waals surface area contributed by atoms with E-state index in [1.807, 2.05) is 11.0 Å². The molecule has 4 amide bonds. The van der Waals surface area contributed by atoms with Crippen LogP contribution >= 0.6 is 0 Å². The smallest absolute Gasteiger partial charge is 0.325 e. The Morgan fingerprint density at radius 2 is 1.94 bits per heavy atom. The second-order valence-corrected chi connectivity index (χ2v) is 10.9. The number of nitrogens with zero attached hydrogens (tertiary/aromatic N) is 2. The van der Waals surface area contributed by atoms with E-state index >= 15 is 0 Å². The summed E-state index contributed by atoms with van der Waals surface area (Å²) in [6.45, 7) is 7.98. The Morgan fingerprint density at radius 1 is 1.16 bits per heavy atom. The molecule has 32 heavy (non-hydrogen) atoms. The summed E-state index contributed by atoms with van der Waals surface area (Å²) in [5, 5.41) is 2.75. The van der Waals surface area contributed by atoms with Crippen molar-refractivity contribution in [2.24, 2.45) is 10.8 Å². The highest BCUT2D eigenvalue weighted by atomic mass is 16.7. The summed E-state index contributed by atoms with van der Waals surface area (Å²) in [4.78, 5) is 41.6. The van der Waals surface area contributed by atoms with Crippen LogP contribution in [-0.4, -0.2) is 53.1 Å². The van der Waals surface area contributed by atoms with Crippen molar-refractivity contribution in [3.63, 3.8) is 0 Å². The van der Waals surface area contributed by atoms with Gasteiger partial charge in [0.1, 0.15) is 6.04 Å². The third-order valence-corrected chi connectivity index (χ3v) is 7.27. The number of ether oxygens (including phenoxy) is 2. The third kappa shape index (κ3) is 3.80. The van der Waals surface area contributed by atoms with Crippen LogP contribution in [0, 0.1) is 10.8 Å². The summed E-state index contributed by atoms with van der Waals surface area (Å²) >= 11 is 0. The van der Waals surface area contributed by atoms with Gasteiger partial charge in [-0.05, 0) is 54.2 Å². The molecule has 2 saturated heterocycles.